The third kappa shape index (κ3) is 4.34. The Kier molecular flexibility index (Phi) is 5.71. The number of rotatable bonds is 2. The number of carbonyl (C=O) groups excluding carboxylic acids is 1. The molecule has 0 aliphatic heterocycles. The number of ketones is 1. The summed E-state index contributed by atoms with van der Waals surface area (Å²) in [5.74, 6) is -3.15. The fourth-order valence-electron chi connectivity index (χ4n) is 0.800. The van der Waals surface area contributed by atoms with E-state index in [1.165, 1.54) is 24.5 Å². The summed E-state index contributed by atoms with van der Waals surface area (Å²) >= 11 is 0. The number of hydrogen-bond acceptors (Lipinski definition) is 3. The van der Waals surface area contributed by atoms with Crippen molar-refractivity contribution in [2.24, 2.45) is 0 Å². The predicted octanol–water partition coefficient (Wildman–Crippen LogP) is -1.93. The molecule has 0 saturated carbocycles. The van der Waals surface area contributed by atoms with Crippen LogP contribution in [-0.4, -0.2) is 16.9 Å². The van der Waals surface area contributed by atoms with Crippen LogP contribution in [0.4, 0.5) is 13.2 Å². The minimum Gasteiger partial charge on any atom is -0.869 e. The number of allylic oxidation sites excluding steroid dienone is 2. The quantitative estimate of drug-likeness (QED) is 0.261. The zero-order valence-corrected chi connectivity index (χ0v) is 10.3. The molecule has 80 valence electrons. The summed E-state index contributed by atoms with van der Waals surface area (Å²) in [6.45, 7) is 0. The predicted molar refractivity (Wildman–Crippen MR) is 42.7 cm³/mol. The van der Waals surface area contributed by atoms with E-state index < -0.39 is 17.7 Å². The molecule has 1 heterocycles. The van der Waals surface area contributed by atoms with E-state index in [4.69, 9.17) is 0 Å². The van der Waals surface area contributed by atoms with Crippen LogP contribution in [0.1, 0.15) is 10.4 Å². The molecular formula is C9H5F3NNaO2. The van der Waals surface area contributed by atoms with Crippen LogP contribution in [-0.2, 0) is 0 Å². The zero-order chi connectivity index (χ0) is 11.5. The molecule has 0 bridgehead atoms. The summed E-state index contributed by atoms with van der Waals surface area (Å²) in [6, 6.07) is 2.45. The molecule has 0 fully saturated rings. The van der Waals surface area contributed by atoms with E-state index in [1.807, 2.05) is 0 Å². The van der Waals surface area contributed by atoms with Gasteiger partial charge in [-0.15, -0.1) is 0 Å². The first-order chi connectivity index (χ1) is 6.91. The number of nitrogens with zero attached hydrogens (tertiary/aromatic N) is 1. The maximum absolute atomic E-state index is 11.8. The maximum atomic E-state index is 11.8. The van der Waals surface area contributed by atoms with Gasteiger partial charge in [-0.1, -0.05) is 0 Å². The van der Waals surface area contributed by atoms with Crippen LogP contribution in [0.2, 0.25) is 0 Å². The van der Waals surface area contributed by atoms with Crippen LogP contribution < -0.4 is 34.7 Å². The number of hydrogen-bond donors (Lipinski definition) is 0. The van der Waals surface area contributed by atoms with Gasteiger partial charge in [-0.2, -0.15) is 13.2 Å². The monoisotopic (exact) mass is 239 g/mol. The molecule has 1 rings (SSSR count). The molecule has 7 heteroatoms. The van der Waals surface area contributed by atoms with Crippen molar-refractivity contribution in [2.75, 3.05) is 0 Å². The summed E-state index contributed by atoms with van der Waals surface area (Å²) in [6.07, 6.45) is -2.49. The molecule has 0 spiro atoms. The first kappa shape index (κ1) is 15.2. The topological polar surface area (TPSA) is 53.0 Å². The van der Waals surface area contributed by atoms with Gasteiger partial charge in [-0.25, -0.2) is 0 Å². The van der Waals surface area contributed by atoms with Crippen molar-refractivity contribution in [3.63, 3.8) is 0 Å². The minimum absolute atomic E-state index is 0. The summed E-state index contributed by atoms with van der Waals surface area (Å²) in [4.78, 5) is 14.7. The number of aromatic nitrogens is 1. The smallest absolute Gasteiger partial charge is 0.869 e. The van der Waals surface area contributed by atoms with Crippen molar-refractivity contribution >= 4 is 5.78 Å². The van der Waals surface area contributed by atoms with Gasteiger partial charge in [0.25, 0.3) is 0 Å². The fourth-order valence-corrected chi connectivity index (χ4v) is 0.800. The van der Waals surface area contributed by atoms with E-state index in [9.17, 15) is 23.1 Å². The van der Waals surface area contributed by atoms with Crippen LogP contribution in [0.5, 0.6) is 0 Å². The van der Waals surface area contributed by atoms with Gasteiger partial charge in [0.05, 0.1) is 0 Å². The van der Waals surface area contributed by atoms with Crippen LogP contribution in [0, 0.1) is 0 Å². The zero-order valence-electron chi connectivity index (χ0n) is 8.28. The number of carbonyl (C=O) groups is 1. The van der Waals surface area contributed by atoms with E-state index >= 15 is 0 Å². The van der Waals surface area contributed by atoms with Gasteiger partial charge in [0, 0.05) is 18.0 Å². The Labute approximate surface area is 111 Å². The Hall–Kier alpha value is -0.850. The van der Waals surface area contributed by atoms with Gasteiger partial charge in [-0.3, -0.25) is 9.78 Å². The molecule has 0 aliphatic rings. The van der Waals surface area contributed by atoms with E-state index in [2.05, 4.69) is 4.98 Å². The van der Waals surface area contributed by atoms with Crippen molar-refractivity contribution < 1.29 is 52.6 Å². The molecule has 0 saturated heterocycles. The number of halogens is 3. The number of pyridine rings is 1. The summed E-state index contributed by atoms with van der Waals surface area (Å²) in [5.41, 5.74) is -0.0115. The van der Waals surface area contributed by atoms with E-state index in [0.29, 0.717) is 0 Å². The Bertz CT molecular complexity index is 389. The molecule has 0 radical (unpaired) electrons. The molecule has 0 atom stereocenters. The summed E-state index contributed by atoms with van der Waals surface area (Å²) in [5, 5.41) is 10.4. The first-order valence-electron chi connectivity index (χ1n) is 3.81. The molecule has 0 amide bonds. The molecule has 3 nitrogen and oxygen atoms in total. The summed E-state index contributed by atoms with van der Waals surface area (Å²) < 4.78 is 35.3. The third-order valence-corrected chi connectivity index (χ3v) is 1.51. The van der Waals surface area contributed by atoms with Crippen molar-refractivity contribution in [1.29, 1.82) is 0 Å². The standard InChI is InChI=1S/C9H6F3NO2.Na/c10-9(11,12)8(15)5-7(14)6-1-3-13-4-2-6;/h1-5,15H;/q;+1/p-1/b8-5-;. The minimum atomic E-state index is -5.01. The van der Waals surface area contributed by atoms with Gasteiger partial charge in [-0.05, 0) is 24.0 Å². The van der Waals surface area contributed by atoms with Gasteiger partial charge >= 0.3 is 35.7 Å². The van der Waals surface area contributed by atoms with Crippen molar-refractivity contribution in [1.82, 2.24) is 4.98 Å². The van der Waals surface area contributed by atoms with Gasteiger partial charge in [0.1, 0.15) is 0 Å². The molecular weight excluding hydrogens is 234 g/mol. The van der Waals surface area contributed by atoms with Crippen LogP contribution in [0.3, 0.4) is 0 Å². The average Bonchev–Trinajstić information content (AvgIpc) is 2.17. The normalized spacial score (nSPS) is 11.8. The van der Waals surface area contributed by atoms with Gasteiger partial charge in [0.15, 0.2) is 5.78 Å². The second-order valence-corrected chi connectivity index (χ2v) is 2.61. The molecule has 1 aromatic rings. The SMILES string of the molecule is O=C(/C=C(\[O-])C(F)(F)F)c1ccncc1.[Na+]. The van der Waals surface area contributed by atoms with E-state index in [-0.39, 0.29) is 41.2 Å². The molecule has 1 aromatic heterocycles. The van der Waals surface area contributed by atoms with Crippen LogP contribution in [0.25, 0.3) is 0 Å². The van der Waals surface area contributed by atoms with Gasteiger partial charge < -0.3 is 5.11 Å². The average molecular weight is 239 g/mol. The van der Waals surface area contributed by atoms with Crippen LogP contribution in [0.15, 0.2) is 36.4 Å². The van der Waals surface area contributed by atoms with Crippen molar-refractivity contribution in [3.05, 3.63) is 41.9 Å². The number of alkyl halides is 3. The first-order valence-corrected chi connectivity index (χ1v) is 3.81. The Morgan fingerprint density at radius 1 is 1.31 bits per heavy atom. The van der Waals surface area contributed by atoms with Crippen molar-refractivity contribution in [3.8, 4) is 0 Å². The summed E-state index contributed by atoms with van der Waals surface area (Å²) in [7, 11) is 0. The maximum Gasteiger partial charge on any atom is 1.00 e. The van der Waals surface area contributed by atoms with Crippen LogP contribution >= 0.6 is 0 Å². The van der Waals surface area contributed by atoms with Crippen molar-refractivity contribution in [2.45, 2.75) is 6.18 Å². The molecule has 16 heavy (non-hydrogen) atoms. The molecule has 0 N–H and O–H groups in total. The molecule has 0 aliphatic carbocycles. The third-order valence-electron chi connectivity index (χ3n) is 1.51. The Morgan fingerprint density at radius 2 is 1.81 bits per heavy atom. The van der Waals surface area contributed by atoms with E-state index in [0.717, 1.165) is 0 Å². The second-order valence-electron chi connectivity index (χ2n) is 2.61. The Morgan fingerprint density at radius 3 is 2.25 bits per heavy atom. The van der Waals surface area contributed by atoms with E-state index in [1.54, 1.807) is 0 Å². The Balaban J connectivity index is 0.00000225. The molecule has 0 aromatic carbocycles. The molecule has 0 unspecified atom stereocenters. The largest absolute Gasteiger partial charge is 1.00 e. The van der Waals surface area contributed by atoms with Gasteiger partial charge in [0.2, 0.25) is 0 Å². The fraction of sp³-hybridized carbons (Fsp3) is 0.111. The second kappa shape index (κ2) is 6.03.